The van der Waals surface area contributed by atoms with E-state index < -0.39 is 17.5 Å². The zero-order valence-corrected chi connectivity index (χ0v) is 11.7. The number of aliphatic carboxylic acids is 1. The molecule has 7 nitrogen and oxygen atoms in total. The molecule has 0 aromatic rings. The topological polar surface area (TPSA) is 90.9 Å². The summed E-state index contributed by atoms with van der Waals surface area (Å²) in [5.41, 5.74) is -1.27. The lowest BCUT2D eigenvalue weighted by atomic mass is 9.99. The Hall–Kier alpha value is -1.34. The maximum Gasteiger partial charge on any atom is 0.332 e. The Morgan fingerprint density at radius 1 is 1.25 bits per heavy atom. The van der Waals surface area contributed by atoms with Gasteiger partial charge in [0.1, 0.15) is 0 Å². The summed E-state index contributed by atoms with van der Waals surface area (Å²) in [4.78, 5) is 25.4. The van der Waals surface area contributed by atoms with Crippen LogP contribution in [0.1, 0.15) is 25.7 Å². The molecule has 2 fully saturated rings. The van der Waals surface area contributed by atoms with Crippen LogP contribution in [-0.4, -0.2) is 66.9 Å². The minimum Gasteiger partial charge on any atom is -0.479 e. The molecule has 20 heavy (non-hydrogen) atoms. The molecule has 1 unspecified atom stereocenters. The van der Waals surface area contributed by atoms with Crippen molar-refractivity contribution < 1.29 is 19.4 Å². The van der Waals surface area contributed by atoms with Gasteiger partial charge in [0.25, 0.3) is 0 Å². The first-order chi connectivity index (χ1) is 9.62. The van der Waals surface area contributed by atoms with Crippen molar-refractivity contribution in [3.63, 3.8) is 0 Å². The normalized spacial score (nSPS) is 27.2. The van der Waals surface area contributed by atoms with Gasteiger partial charge in [-0.05, 0) is 25.9 Å². The Bertz CT molecular complexity index is 350. The molecule has 7 heteroatoms. The van der Waals surface area contributed by atoms with Crippen LogP contribution < -0.4 is 10.6 Å². The van der Waals surface area contributed by atoms with Gasteiger partial charge in [-0.25, -0.2) is 9.59 Å². The third kappa shape index (κ3) is 3.83. The first-order valence-electron chi connectivity index (χ1n) is 7.22. The number of nitrogens with one attached hydrogen (secondary N) is 2. The number of nitrogens with zero attached hydrogens (tertiary/aromatic N) is 1. The summed E-state index contributed by atoms with van der Waals surface area (Å²) in [7, 11) is 0. The average Bonchev–Trinajstić information content (AvgIpc) is 2.90. The lowest BCUT2D eigenvalue weighted by molar-refractivity contribution is -0.144. The van der Waals surface area contributed by atoms with Crippen molar-refractivity contribution in [2.45, 2.75) is 31.2 Å². The third-order valence-electron chi connectivity index (χ3n) is 3.95. The average molecular weight is 285 g/mol. The second-order valence-electron chi connectivity index (χ2n) is 5.47. The summed E-state index contributed by atoms with van der Waals surface area (Å²) < 4.78 is 5.09. The van der Waals surface area contributed by atoms with Crippen molar-refractivity contribution in [3.8, 4) is 0 Å². The zero-order valence-electron chi connectivity index (χ0n) is 11.7. The number of likely N-dealkylation sites (tertiary alicyclic amines) is 1. The monoisotopic (exact) mass is 285 g/mol. The number of carboxylic acids is 1. The summed E-state index contributed by atoms with van der Waals surface area (Å²) in [6, 6.07) is -0.435. The van der Waals surface area contributed by atoms with E-state index >= 15 is 0 Å². The molecule has 0 aromatic heterocycles. The molecule has 2 aliphatic rings. The minimum atomic E-state index is -1.27. The van der Waals surface area contributed by atoms with E-state index in [1.54, 1.807) is 0 Å². The van der Waals surface area contributed by atoms with Crippen LogP contribution >= 0.6 is 0 Å². The van der Waals surface area contributed by atoms with Gasteiger partial charge in [0.2, 0.25) is 0 Å². The Balaban J connectivity index is 1.70. The molecule has 2 heterocycles. The molecular formula is C13H23N3O4. The van der Waals surface area contributed by atoms with Crippen LogP contribution in [0.15, 0.2) is 0 Å². The number of carboxylic acid groups (broad SMARTS) is 1. The molecule has 2 rings (SSSR count). The van der Waals surface area contributed by atoms with E-state index in [0.717, 1.165) is 19.6 Å². The van der Waals surface area contributed by atoms with Crippen LogP contribution in [0.4, 0.5) is 4.79 Å². The fourth-order valence-electron chi connectivity index (χ4n) is 2.66. The molecule has 114 valence electrons. The molecule has 3 N–H and O–H groups in total. The van der Waals surface area contributed by atoms with Crippen molar-refractivity contribution >= 4 is 12.0 Å². The van der Waals surface area contributed by atoms with E-state index in [-0.39, 0.29) is 6.61 Å². The Morgan fingerprint density at radius 3 is 2.60 bits per heavy atom. The smallest absolute Gasteiger partial charge is 0.332 e. The molecule has 0 spiro atoms. The SMILES string of the molecule is O=C(NCCN1CCCCC1)NC1(C(=O)O)CCOC1. The van der Waals surface area contributed by atoms with Gasteiger partial charge < -0.3 is 25.4 Å². The lowest BCUT2D eigenvalue weighted by Crippen LogP contribution is -2.58. The number of rotatable bonds is 5. The van der Waals surface area contributed by atoms with Crippen molar-refractivity contribution in [1.29, 1.82) is 0 Å². The fourth-order valence-corrected chi connectivity index (χ4v) is 2.66. The van der Waals surface area contributed by atoms with Gasteiger partial charge >= 0.3 is 12.0 Å². The standard InChI is InChI=1S/C13H23N3O4/c17-11(18)13(4-9-20-10-13)15-12(19)14-5-8-16-6-2-1-3-7-16/h1-10H2,(H,17,18)(H2,14,15,19). The predicted octanol–water partition coefficient (Wildman–Crippen LogP) is 0.0152. The molecule has 0 radical (unpaired) electrons. The van der Waals surface area contributed by atoms with Gasteiger partial charge in [-0.1, -0.05) is 6.42 Å². The number of hydrogen-bond donors (Lipinski definition) is 3. The van der Waals surface area contributed by atoms with Crippen LogP contribution in [-0.2, 0) is 9.53 Å². The van der Waals surface area contributed by atoms with Gasteiger partial charge in [-0.15, -0.1) is 0 Å². The number of hydrogen-bond acceptors (Lipinski definition) is 4. The summed E-state index contributed by atoms with van der Waals surface area (Å²) in [6.45, 7) is 3.89. The Labute approximate surface area is 118 Å². The second-order valence-corrected chi connectivity index (χ2v) is 5.47. The Kier molecular flexibility index (Phi) is 5.19. The molecule has 2 amide bonds. The van der Waals surface area contributed by atoms with Gasteiger partial charge in [-0.3, -0.25) is 0 Å². The third-order valence-corrected chi connectivity index (χ3v) is 3.95. The molecule has 1 atom stereocenters. The van der Waals surface area contributed by atoms with Crippen LogP contribution in [0, 0.1) is 0 Å². The van der Waals surface area contributed by atoms with Crippen molar-refractivity contribution in [2.24, 2.45) is 0 Å². The molecule has 0 bridgehead atoms. The summed E-state index contributed by atoms with van der Waals surface area (Å²) in [5.74, 6) is -1.04. The molecule has 2 saturated heterocycles. The van der Waals surface area contributed by atoms with Gasteiger partial charge in [-0.2, -0.15) is 0 Å². The van der Waals surface area contributed by atoms with Crippen molar-refractivity contribution in [3.05, 3.63) is 0 Å². The van der Waals surface area contributed by atoms with E-state index in [9.17, 15) is 14.7 Å². The van der Waals surface area contributed by atoms with E-state index in [1.807, 2.05) is 0 Å². The van der Waals surface area contributed by atoms with Gasteiger partial charge in [0.15, 0.2) is 5.54 Å². The summed E-state index contributed by atoms with van der Waals surface area (Å²) in [6.07, 6.45) is 4.02. The molecule has 0 aliphatic carbocycles. The van der Waals surface area contributed by atoms with Crippen LogP contribution in [0.2, 0.25) is 0 Å². The van der Waals surface area contributed by atoms with Crippen LogP contribution in [0.3, 0.4) is 0 Å². The molecule has 2 aliphatic heterocycles. The molecular weight excluding hydrogens is 262 g/mol. The van der Waals surface area contributed by atoms with E-state index in [2.05, 4.69) is 15.5 Å². The first-order valence-corrected chi connectivity index (χ1v) is 7.22. The number of piperidine rings is 1. The van der Waals surface area contributed by atoms with E-state index in [4.69, 9.17) is 4.74 Å². The lowest BCUT2D eigenvalue weighted by Gasteiger charge is -2.27. The summed E-state index contributed by atoms with van der Waals surface area (Å²) in [5, 5.41) is 14.5. The largest absolute Gasteiger partial charge is 0.479 e. The van der Waals surface area contributed by atoms with Crippen LogP contribution in [0.25, 0.3) is 0 Å². The predicted molar refractivity (Wildman–Crippen MR) is 72.6 cm³/mol. The number of carbonyl (C=O) groups is 2. The van der Waals surface area contributed by atoms with Gasteiger partial charge in [0.05, 0.1) is 6.61 Å². The summed E-state index contributed by atoms with van der Waals surface area (Å²) >= 11 is 0. The zero-order chi connectivity index (χ0) is 14.4. The number of urea groups is 1. The van der Waals surface area contributed by atoms with E-state index in [0.29, 0.717) is 19.6 Å². The number of carbonyl (C=O) groups excluding carboxylic acids is 1. The quantitative estimate of drug-likeness (QED) is 0.662. The van der Waals surface area contributed by atoms with E-state index in [1.165, 1.54) is 19.3 Å². The molecule has 0 aromatic carbocycles. The highest BCUT2D eigenvalue weighted by Gasteiger charge is 2.43. The second kappa shape index (κ2) is 6.90. The van der Waals surface area contributed by atoms with Crippen molar-refractivity contribution in [2.75, 3.05) is 39.4 Å². The number of amides is 2. The van der Waals surface area contributed by atoms with Gasteiger partial charge in [0, 0.05) is 26.1 Å². The molecule has 0 saturated carbocycles. The number of ether oxygens (including phenoxy) is 1. The maximum absolute atomic E-state index is 11.8. The Morgan fingerprint density at radius 2 is 2.00 bits per heavy atom. The highest BCUT2D eigenvalue weighted by molar-refractivity contribution is 5.86. The van der Waals surface area contributed by atoms with Crippen LogP contribution in [0.5, 0.6) is 0 Å². The maximum atomic E-state index is 11.8. The van der Waals surface area contributed by atoms with Crippen molar-refractivity contribution in [1.82, 2.24) is 15.5 Å². The highest BCUT2D eigenvalue weighted by atomic mass is 16.5. The first kappa shape index (κ1) is 15.1. The fraction of sp³-hybridized carbons (Fsp3) is 0.846. The highest BCUT2D eigenvalue weighted by Crippen LogP contribution is 2.18. The minimum absolute atomic E-state index is 0.0296.